The first-order valence-electron chi connectivity index (χ1n) is 41.2. The number of carbonyl (C=O) groups excluding carboxylic acids is 2. The second-order valence-corrected chi connectivity index (χ2v) is 28.5. The van der Waals surface area contributed by atoms with Crippen molar-refractivity contribution in [2.45, 2.75) is 475 Å². The quantitative estimate of drug-likeness (QED) is 0.0320. The van der Waals surface area contributed by atoms with Crippen molar-refractivity contribution in [1.82, 2.24) is 5.32 Å². The Labute approximate surface area is 564 Å². The Morgan fingerprint density at radius 2 is 0.556 bits per heavy atom. The van der Waals surface area contributed by atoms with Gasteiger partial charge in [0.25, 0.3) is 0 Å². The molecule has 0 rings (SSSR count). The highest BCUT2D eigenvalue weighted by molar-refractivity contribution is 5.76. The van der Waals surface area contributed by atoms with Crippen LogP contribution >= 0.6 is 0 Å². The molecule has 2 atom stereocenters. The third-order valence-corrected chi connectivity index (χ3v) is 19.4. The maximum absolute atomic E-state index is 12.6. The lowest BCUT2D eigenvalue weighted by Gasteiger charge is -2.22. The van der Waals surface area contributed by atoms with Gasteiger partial charge in [-0.15, -0.1) is 0 Å². The van der Waals surface area contributed by atoms with Crippen molar-refractivity contribution >= 4 is 11.9 Å². The Morgan fingerprint density at radius 3 is 0.867 bits per heavy atom. The number of hydrogen-bond donors (Lipinski definition) is 3. The van der Waals surface area contributed by atoms with Crippen molar-refractivity contribution in [1.29, 1.82) is 0 Å². The van der Waals surface area contributed by atoms with Crippen LogP contribution in [-0.4, -0.2) is 47.4 Å². The fourth-order valence-electron chi connectivity index (χ4n) is 13.1. The summed E-state index contributed by atoms with van der Waals surface area (Å²) in [6.07, 6.45) is 104. The molecule has 532 valence electrons. The van der Waals surface area contributed by atoms with Crippen LogP contribution in [0.1, 0.15) is 463 Å². The van der Waals surface area contributed by atoms with Gasteiger partial charge in [-0.05, 0) is 83.5 Å². The van der Waals surface area contributed by atoms with Crippen LogP contribution in [0.4, 0.5) is 0 Å². The number of rotatable bonds is 78. The lowest BCUT2D eigenvalue weighted by atomic mass is 10.0. The average molecular weight is 1270 g/mol. The minimum absolute atomic E-state index is 0.0107. The summed E-state index contributed by atoms with van der Waals surface area (Å²) < 4.78 is 5.51. The van der Waals surface area contributed by atoms with Crippen molar-refractivity contribution < 1.29 is 24.5 Å². The minimum Gasteiger partial charge on any atom is -0.466 e. The van der Waals surface area contributed by atoms with Crippen LogP contribution in [-0.2, 0) is 14.3 Å². The molecule has 0 saturated carbocycles. The summed E-state index contributed by atoms with van der Waals surface area (Å²) in [4.78, 5) is 24.7. The molecule has 90 heavy (non-hydrogen) atoms. The van der Waals surface area contributed by atoms with Crippen LogP contribution in [0.25, 0.3) is 0 Å². The first-order chi connectivity index (χ1) is 44.5. The second kappa shape index (κ2) is 79.5. The van der Waals surface area contributed by atoms with Gasteiger partial charge in [0.2, 0.25) is 5.91 Å². The zero-order valence-corrected chi connectivity index (χ0v) is 61.1. The number of unbranched alkanes of at least 4 members (excludes halogenated alkanes) is 61. The number of amides is 1. The molecule has 0 aromatic rings. The molecule has 0 aromatic carbocycles. The van der Waals surface area contributed by atoms with E-state index < -0.39 is 12.1 Å². The SMILES string of the molecule is CCCCCC/C=C\C/C=C\CCCCCCCCCC(=O)OCCCCCCCCCCCCCC/C=C\CCCCCCCCCCCCCCCCC(=O)NC(CO)C(O)CCCCCCCCCCCCCCCCCCCCCCCCCCC. The monoisotopic (exact) mass is 1260 g/mol. The fraction of sp³-hybridized carbons (Fsp3) is 0.905. The highest BCUT2D eigenvalue weighted by Crippen LogP contribution is 2.20. The number of nitrogens with one attached hydrogen (secondary N) is 1. The molecule has 0 spiro atoms. The Bertz CT molecular complexity index is 1460. The standard InChI is InChI=1S/C84H161NO5/c1-3-5-7-9-11-13-15-17-19-21-23-24-25-32-35-38-41-44-48-52-56-60-64-68-72-76-82(87)81(80-86)85-83(88)77-73-69-65-61-57-53-49-45-42-39-36-33-30-28-26-27-29-31-34-37-40-43-47-51-55-59-63-67-71-75-79-90-84(89)78-74-70-66-62-58-54-50-46-22-20-18-16-14-12-10-8-6-4-2/h14,16,20,22,27,29,81-82,86-87H,3-13,15,17-19,21,23-26,28,30-80H2,1-2H3,(H,85,88)/b16-14-,22-20-,29-27-. The van der Waals surface area contributed by atoms with Gasteiger partial charge < -0.3 is 20.3 Å². The van der Waals surface area contributed by atoms with Crippen molar-refractivity contribution in [3.05, 3.63) is 36.5 Å². The fourth-order valence-corrected chi connectivity index (χ4v) is 13.1. The van der Waals surface area contributed by atoms with E-state index in [1.54, 1.807) is 0 Å². The number of aliphatic hydroxyl groups excluding tert-OH is 2. The summed E-state index contributed by atoms with van der Waals surface area (Å²) >= 11 is 0. The predicted octanol–water partition coefficient (Wildman–Crippen LogP) is 27.4. The van der Waals surface area contributed by atoms with Gasteiger partial charge >= 0.3 is 5.97 Å². The number of allylic oxidation sites excluding steroid dienone is 6. The molecule has 2 unspecified atom stereocenters. The molecule has 0 aromatic heterocycles. The predicted molar refractivity (Wildman–Crippen MR) is 398 cm³/mol. The van der Waals surface area contributed by atoms with Crippen LogP contribution in [0.15, 0.2) is 36.5 Å². The molecule has 0 aliphatic rings. The van der Waals surface area contributed by atoms with E-state index >= 15 is 0 Å². The third-order valence-electron chi connectivity index (χ3n) is 19.4. The van der Waals surface area contributed by atoms with Crippen LogP contribution in [0.3, 0.4) is 0 Å². The van der Waals surface area contributed by atoms with E-state index in [1.807, 2.05) is 0 Å². The Balaban J connectivity index is 3.37. The van der Waals surface area contributed by atoms with E-state index in [9.17, 15) is 19.8 Å². The van der Waals surface area contributed by atoms with Crippen molar-refractivity contribution in [3.8, 4) is 0 Å². The first-order valence-corrected chi connectivity index (χ1v) is 41.2. The second-order valence-electron chi connectivity index (χ2n) is 28.5. The van der Waals surface area contributed by atoms with Gasteiger partial charge in [-0.2, -0.15) is 0 Å². The van der Waals surface area contributed by atoms with Gasteiger partial charge in [0.15, 0.2) is 0 Å². The zero-order chi connectivity index (χ0) is 64.9. The molecule has 1 amide bonds. The number of hydrogen-bond acceptors (Lipinski definition) is 5. The van der Waals surface area contributed by atoms with Gasteiger partial charge in [-0.3, -0.25) is 9.59 Å². The lowest BCUT2D eigenvalue weighted by Crippen LogP contribution is -2.45. The van der Waals surface area contributed by atoms with Crippen LogP contribution in [0, 0.1) is 0 Å². The molecular formula is C84H161NO5. The van der Waals surface area contributed by atoms with Crippen LogP contribution < -0.4 is 5.32 Å². The highest BCUT2D eigenvalue weighted by atomic mass is 16.5. The third kappa shape index (κ3) is 75.1. The molecule has 6 nitrogen and oxygen atoms in total. The largest absolute Gasteiger partial charge is 0.466 e. The summed E-state index contributed by atoms with van der Waals surface area (Å²) in [6, 6.07) is -0.542. The number of aliphatic hydroxyl groups is 2. The molecule has 3 N–H and O–H groups in total. The number of carbonyl (C=O) groups is 2. The van der Waals surface area contributed by atoms with Crippen molar-refractivity contribution in [2.24, 2.45) is 0 Å². The molecule has 0 heterocycles. The number of ether oxygens (including phenoxy) is 1. The zero-order valence-electron chi connectivity index (χ0n) is 61.1. The Hall–Kier alpha value is -1.92. The highest BCUT2D eigenvalue weighted by Gasteiger charge is 2.20. The summed E-state index contributed by atoms with van der Waals surface area (Å²) in [6.45, 7) is 4.98. The summed E-state index contributed by atoms with van der Waals surface area (Å²) in [5, 5.41) is 23.5. The van der Waals surface area contributed by atoms with E-state index in [4.69, 9.17) is 4.74 Å². The molecule has 0 fully saturated rings. The van der Waals surface area contributed by atoms with Gasteiger partial charge in [0.05, 0.1) is 25.4 Å². The van der Waals surface area contributed by atoms with E-state index in [0.717, 1.165) is 51.4 Å². The average Bonchev–Trinajstić information content (AvgIpc) is 3.60. The van der Waals surface area contributed by atoms with Gasteiger partial charge in [-0.25, -0.2) is 0 Å². The number of esters is 1. The molecular weight excluding hydrogens is 1100 g/mol. The van der Waals surface area contributed by atoms with Crippen LogP contribution in [0.5, 0.6) is 0 Å². The van der Waals surface area contributed by atoms with Crippen molar-refractivity contribution in [2.75, 3.05) is 13.2 Å². The summed E-state index contributed by atoms with van der Waals surface area (Å²) in [5.41, 5.74) is 0. The normalized spacial score (nSPS) is 12.6. The Kier molecular flexibility index (Phi) is 77.8. The van der Waals surface area contributed by atoms with Gasteiger partial charge in [0, 0.05) is 12.8 Å². The maximum atomic E-state index is 12.6. The van der Waals surface area contributed by atoms with Gasteiger partial charge in [0.1, 0.15) is 0 Å². The minimum atomic E-state index is -0.665. The Morgan fingerprint density at radius 1 is 0.311 bits per heavy atom. The molecule has 6 heteroatoms. The molecule has 0 saturated heterocycles. The summed E-state index contributed by atoms with van der Waals surface area (Å²) in [7, 11) is 0. The van der Waals surface area contributed by atoms with Crippen LogP contribution in [0.2, 0.25) is 0 Å². The summed E-state index contributed by atoms with van der Waals surface area (Å²) in [5.74, 6) is -0.0171. The molecule has 0 radical (unpaired) electrons. The van der Waals surface area contributed by atoms with E-state index in [0.29, 0.717) is 25.9 Å². The molecule has 0 bridgehead atoms. The maximum Gasteiger partial charge on any atom is 0.305 e. The van der Waals surface area contributed by atoms with E-state index in [1.165, 1.54) is 379 Å². The first kappa shape index (κ1) is 88.1. The topological polar surface area (TPSA) is 95.9 Å². The van der Waals surface area contributed by atoms with E-state index in [2.05, 4.69) is 55.6 Å². The van der Waals surface area contributed by atoms with Gasteiger partial charge in [-0.1, -0.05) is 403 Å². The lowest BCUT2D eigenvalue weighted by molar-refractivity contribution is -0.143. The van der Waals surface area contributed by atoms with E-state index in [-0.39, 0.29) is 18.5 Å². The molecule has 0 aliphatic carbocycles. The molecule has 0 aliphatic heterocycles. The van der Waals surface area contributed by atoms with Crippen molar-refractivity contribution in [3.63, 3.8) is 0 Å². The smallest absolute Gasteiger partial charge is 0.305 e.